The van der Waals surface area contributed by atoms with E-state index in [2.05, 4.69) is 9.97 Å². The number of hydrogen-bond acceptors (Lipinski definition) is 3. The minimum atomic E-state index is -1.03. The highest BCUT2D eigenvalue weighted by Gasteiger charge is 2.06. The van der Waals surface area contributed by atoms with Crippen LogP contribution in [0.15, 0.2) is 11.6 Å². The summed E-state index contributed by atoms with van der Waals surface area (Å²) in [5.74, 6) is -0.582. The summed E-state index contributed by atoms with van der Waals surface area (Å²) in [6, 6.07) is 1.45. The fourth-order valence-electron chi connectivity index (χ4n) is 1.02. The van der Waals surface area contributed by atoms with E-state index in [0.29, 0.717) is 11.5 Å². The molecule has 0 unspecified atom stereocenters. The van der Waals surface area contributed by atoms with Crippen molar-refractivity contribution in [3.8, 4) is 0 Å². The van der Waals surface area contributed by atoms with Crippen LogP contribution < -0.4 is 0 Å². The van der Waals surface area contributed by atoms with Crippen LogP contribution in [-0.4, -0.2) is 21.0 Å². The number of aromatic carboxylic acids is 1. The van der Waals surface area contributed by atoms with Crippen molar-refractivity contribution in [2.75, 3.05) is 0 Å². The van der Waals surface area contributed by atoms with Gasteiger partial charge in [-0.1, -0.05) is 5.57 Å². The van der Waals surface area contributed by atoms with Gasteiger partial charge < -0.3 is 5.11 Å². The molecule has 0 saturated carbocycles. The molecular weight excluding hydrogens is 180 g/mol. The third-order valence-corrected chi connectivity index (χ3v) is 1.51. The summed E-state index contributed by atoms with van der Waals surface area (Å²) in [6.45, 7) is 5.56. The largest absolute Gasteiger partial charge is 0.477 e. The summed E-state index contributed by atoms with van der Waals surface area (Å²) in [5, 5.41) is 8.76. The van der Waals surface area contributed by atoms with E-state index in [1.165, 1.54) is 6.07 Å². The first-order valence-corrected chi connectivity index (χ1v) is 4.23. The van der Waals surface area contributed by atoms with Gasteiger partial charge in [0.25, 0.3) is 0 Å². The predicted molar refractivity (Wildman–Crippen MR) is 53.1 cm³/mol. The molecule has 4 heteroatoms. The molecule has 1 heterocycles. The molecule has 0 aromatic carbocycles. The predicted octanol–water partition coefficient (Wildman–Crippen LogP) is 1.91. The summed E-state index contributed by atoms with van der Waals surface area (Å²) in [6.07, 6.45) is 1.75. The maximum absolute atomic E-state index is 10.7. The normalized spacial score (nSPS) is 9.64. The highest BCUT2D eigenvalue weighted by molar-refractivity contribution is 5.85. The highest BCUT2D eigenvalue weighted by Crippen LogP contribution is 2.04. The van der Waals surface area contributed by atoms with E-state index >= 15 is 0 Å². The second kappa shape index (κ2) is 4.00. The van der Waals surface area contributed by atoms with E-state index in [4.69, 9.17) is 5.11 Å². The molecule has 0 saturated heterocycles. The Labute approximate surface area is 82.3 Å². The average Bonchev–Trinajstić information content (AvgIpc) is 2.01. The zero-order valence-electron chi connectivity index (χ0n) is 8.40. The van der Waals surface area contributed by atoms with Crippen molar-refractivity contribution < 1.29 is 9.90 Å². The van der Waals surface area contributed by atoms with E-state index in [0.717, 1.165) is 5.57 Å². The first kappa shape index (κ1) is 10.4. The maximum Gasteiger partial charge on any atom is 0.354 e. The van der Waals surface area contributed by atoms with Crippen LogP contribution >= 0.6 is 0 Å². The molecular formula is C10H12N2O2. The fraction of sp³-hybridized carbons (Fsp3) is 0.300. The van der Waals surface area contributed by atoms with E-state index in [1.807, 2.05) is 13.8 Å². The topological polar surface area (TPSA) is 63.1 Å². The van der Waals surface area contributed by atoms with Crippen molar-refractivity contribution in [1.82, 2.24) is 9.97 Å². The number of aromatic nitrogens is 2. The van der Waals surface area contributed by atoms with Crippen LogP contribution in [0.25, 0.3) is 6.08 Å². The summed E-state index contributed by atoms with van der Waals surface area (Å²) in [7, 11) is 0. The van der Waals surface area contributed by atoms with Crippen LogP contribution in [0, 0.1) is 6.92 Å². The molecule has 0 spiro atoms. The van der Waals surface area contributed by atoms with Gasteiger partial charge in [0, 0.05) is 5.69 Å². The molecule has 1 N–H and O–H groups in total. The van der Waals surface area contributed by atoms with Crippen molar-refractivity contribution in [2.45, 2.75) is 20.8 Å². The van der Waals surface area contributed by atoms with Crippen molar-refractivity contribution in [3.05, 3.63) is 28.9 Å². The molecule has 1 rings (SSSR count). The van der Waals surface area contributed by atoms with Crippen molar-refractivity contribution >= 4 is 12.0 Å². The van der Waals surface area contributed by atoms with Gasteiger partial charge in [-0.05, 0) is 32.9 Å². The van der Waals surface area contributed by atoms with Gasteiger partial charge >= 0.3 is 5.97 Å². The molecule has 1 aromatic rings. The number of hydrogen-bond donors (Lipinski definition) is 1. The molecule has 0 radical (unpaired) electrons. The van der Waals surface area contributed by atoms with Crippen LogP contribution in [-0.2, 0) is 0 Å². The zero-order valence-corrected chi connectivity index (χ0v) is 8.40. The van der Waals surface area contributed by atoms with Gasteiger partial charge in [0.2, 0.25) is 0 Å². The second-order valence-corrected chi connectivity index (χ2v) is 3.28. The Kier molecular flexibility index (Phi) is 2.96. The molecule has 0 aliphatic heterocycles. The quantitative estimate of drug-likeness (QED) is 0.777. The van der Waals surface area contributed by atoms with E-state index in [1.54, 1.807) is 13.0 Å². The molecule has 0 bridgehead atoms. The molecule has 4 nitrogen and oxygen atoms in total. The Morgan fingerprint density at radius 1 is 1.43 bits per heavy atom. The van der Waals surface area contributed by atoms with Gasteiger partial charge in [-0.25, -0.2) is 14.8 Å². The Bertz CT molecular complexity index is 393. The highest BCUT2D eigenvalue weighted by atomic mass is 16.4. The number of rotatable bonds is 2. The minimum absolute atomic E-state index is 0.0324. The average molecular weight is 192 g/mol. The number of carbonyl (C=O) groups is 1. The lowest BCUT2D eigenvalue weighted by atomic mass is 10.3. The molecule has 0 aliphatic carbocycles. The Hall–Kier alpha value is -1.71. The monoisotopic (exact) mass is 192 g/mol. The molecule has 74 valence electrons. The number of aryl methyl sites for hydroxylation is 1. The first-order chi connectivity index (χ1) is 6.49. The van der Waals surface area contributed by atoms with Crippen LogP contribution in [0.1, 0.15) is 35.9 Å². The summed E-state index contributed by atoms with van der Waals surface area (Å²) >= 11 is 0. The van der Waals surface area contributed by atoms with Crippen LogP contribution in [0.3, 0.4) is 0 Å². The number of carboxylic acid groups (broad SMARTS) is 1. The molecule has 0 aliphatic rings. The Morgan fingerprint density at radius 3 is 2.57 bits per heavy atom. The summed E-state index contributed by atoms with van der Waals surface area (Å²) in [4.78, 5) is 18.7. The summed E-state index contributed by atoms with van der Waals surface area (Å²) < 4.78 is 0. The van der Waals surface area contributed by atoms with E-state index in [9.17, 15) is 4.79 Å². The van der Waals surface area contributed by atoms with E-state index < -0.39 is 5.97 Å². The Morgan fingerprint density at radius 2 is 2.07 bits per heavy atom. The van der Waals surface area contributed by atoms with Crippen molar-refractivity contribution in [2.24, 2.45) is 0 Å². The van der Waals surface area contributed by atoms with Crippen molar-refractivity contribution in [3.63, 3.8) is 0 Å². The molecule has 0 atom stereocenters. The standard InChI is InChI=1S/C10H12N2O2/c1-6(2)4-9-11-7(3)5-8(12-9)10(13)14/h4-5H,1-3H3,(H,13,14). The number of allylic oxidation sites excluding steroid dienone is 1. The zero-order chi connectivity index (χ0) is 10.7. The number of carboxylic acids is 1. The van der Waals surface area contributed by atoms with Gasteiger partial charge in [0.1, 0.15) is 0 Å². The lowest BCUT2D eigenvalue weighted by molar-refractivity contribution is 0.0690. The Balaban J connectivity index is 3.20. The second-order valence-electron chi connectivity index (χ2n) is 3.28. The number of nitrogens with zero attached hydrogens (tertiary/aromatic N) is 2. The van der Waals surface area contributed by atoms with Gasteiger partial charge in [-0.15, -0.1) is 0 Å². The lowest BCUT2D eigenvalue weighted by Gasteiger charge is -1.99. The maximum atomic E-state index is 10.7. The van der Waals surface area contributed by atoms with E-state index in [-0.39, 0.29) is 5.69 Å². The lowest BCUT2D eigenvalue weighted by Crippen LogP contribution is -2.04. The molecule has 0 fully saturated rings. The minimum Gasteiger partial charge on any atom is -0.477 e. The van der Waals surface area contributed by atoms with Crippen molar-refractivity contribution in [1.29, 1.82) is 0 Å². The smallest absolute Gasteiger partial charge is 0.354 e. The molecule has 0 amide bonds. The molecule has 14 heavy (non-hydrogen) atoms. The van der Waals surface area contributed by atoms with Gasteiger partial charge in [0.15, 0.2) is 11.5 Å². The summed E-state index contributed by atoms with van der Waals surface area (Å²) in [5.41, 5.74) is 1.72. The van der Waals surface area contributed by atoms with Crippen LogP contribution in [0.5, 0.6) is 0 Å². The van der Waals surface area contributed by atoms with Crippen LogP contribution in [0.4, 0.5) is 0 Å². The van der Waals surface area contributed by atoms with Gasteiger partial charge in [-0.3, -0.25) is 0 Å². The molecule has 1 aromatic heterocycles. The SMILES string of the molecule is CC(C)=Cc1nc(C)cc(C(=O)O)n1. The van der Waals surface area contributed by atoms with Crippen LogP contribution in [0.2, 0.25) is 0 Å². The third-order valence-electron chi connectivity index (χ3n) is 1.51. The third kappa shape index (κ3) is 2.65. The van der Waals surface area contributed by atoms with Gasteiger partial charge in [-0.2, -0.15) is 0 Å². The van der Waals surface area contributed by atoms with Gasteiger partial charge in [0.05, 0.1) is 0 Å². The first-order valence-electron chi connectivity index (χ1n) is 4.23. The fourth-order valence-corrected chi connectivity index (χ4v) is 1.02.